The van der Waals surface area contributed by atoms with Crippen LogP contribution in [0.3, 0.4) is 0 Å². The summed E-state index contributed by atoms with van der Waals surface area (Å²) in [6.45, 7) is 7.20. The molecule has 3 rings (SSSR count). The molecule has 0 saturated heterocycles. The second-order valence-electron chi connectivity index (χ2n) is 11.8. The van der Waals surface area contributed by atoms with Gasteiger partial charge in [0.1, 0.15) is 23.3 Å². The summed E-state index contributed by atoms with van der Waals surface area (Å²) in [4.78, 5) is 12.7. The van der Waals surface area contributed by atoms with Crippen molar-refractivity contribution in [3.8, 4) is 23.3 Å². The van der Waals surface area contributed by atoms with E-state index in [0.29, 0.717) is 29.2 Å². The summed E-state index contributed by atoms with van der Waals surface area (Å²) < 4.78 is 17.5. The molecule has 0 radical (unpaired) electrons. The van der Waals surface area contributed by atoms with E-state index in [1.165, 1.54) is 83.1 Å². The number of nitriles is 1. The van der Waals surface area contributed by atoms with Gasteiger partial charge in [-0.1, -0.05) is 84.5 Å². The number of unbranched alkanes of at least 4 members (excludes halogenated alkanes) is 5. The Morgan fingerprint density at radius 3 is 2.15 bits per heavy atom. The highest BCUT2D eigenvalue weighted by atomic mass is 16.5. The van der Waals surface area contributed by atoms with Crippen molar-refractivity contribution in [3.05, 3.63) is 53.6 Å². The molecule has 0 heterocycles. The van der Waals surface area contributed by atoms with Gasteiger partial charge in [0, 0.05) is 0 Å². The first-order chi connectivity index (χ1) is 20.0. The highest BCUT2D eigenvalue weighted by Gasteiger charge is 2.20. The third-order valence-electron chi connectivity index (χ3n) is 8.37. The summed E-state index contributed by atoms with van der Waals surface area (Å²) in [7, 11) is 0. The first kappa shape index (κ1) is 32.5. The van der Waals surface area contributed by atoms with Crippen LogP contribution in [0.1, 0.15) is 133 Å². The summed E-state index contributed by atoms with van der Waals surface area (Å²) in [5.41, 5.74) is 0.656. The average molecular weight is 562 g/mol. The molecule has 0 amide bonds. The lowest BCUT2D eigenvalue weighted by Crippen LogP contribution is -2.15. The molecule has 1 fully saturated rings. The number of ether oxygens (including phenoxy) is 3. The van der Waals surface area contributed by atoms with Crippen LogP contribution in [0.15, 0.2) is 42.5 Å². The van der Waals surface area contributed by atoms with Gasteiger partial charge in [-0.25, -0.2) is 4.79 Å². The summed E-state index contributed by atoms with van der Waals surface area (Å²) >= 11 is 0. The molecule has 0 unspecified atom stereocenters. The van der Waals surface area contributed by atoms with Crippen LogP contribution >= 0.6 is 0 Å². The molecule has 5 heteroatoms. The van der Waals surface area contributed by atoms with Crippen LogP contribution in [0, 0.1) is 23.2 Å². The van der Waals surface area contributed by atoms with E-state index in [1.54, 1.807) is 24.3 Å². The third kappa shape index (κ3) is 11.8. The molecular formula is C36H51NO4. The summed E-state index contributed by atoms with van der Waals surface area (Å²) in [5, 5.41) is 9.62. The number of hydrogen-bond acceptors (Lipinski definition) is 5. The maximum Gasteiger partial charge on any atom is 0.343 e. The van der Waals surface area contributed by atoms with Crippen molar-refractivity contribution < 1.29 is 19.0 Å². The summed E-state index contributed by atoms with van der Waals surface area (Å²) in [5.74, 6) is 3.03. The fraction of sp³-hybridized carbons (Fsp3) is 0.611. The normalized spacial score (nSPS) is 17.4. The van der Waals surface area contributed by atoms with Gasteiger partial charge in [0.05, 0.1) is 23.8 Å². The van der Waals surface area contributed by atoms with Crippen molar-refractivity contribution in [2.24, 2.45) is 11.8 Å². The first-order valence-corrected chi connectivity index (χ1v) is 16.2. The Balaban J connectivity index is 1.38. The minimum atomic E-state index is -0.505. The number of rotatable bonds is 18. The van der Waals surface area contributed by atoms with Gasteiger partial charge in [-0.15, -0.1) is 0 Å². The molecule has 2 aromatic carbocycles. The van der Waals surface area contributed by atoms with Crippen molar-refractivity contribution in [3.63, 3.8) is 0 Å². The first-order valence-electron chi connectivity index (χ1n) is 16.2. The molecule has 1 saturated carbocycles. The number of carbonyl (C=O) groups excluding carboxylic acids is 1. The molecule has 0 aromatic heterocycles. The van der Waals surface area contributed by atoms with E-state index in [9.17, 15) is 10.1 Å². The van der Waals surface area contributed by atoms with Crippen molar-refractivity contribution in [1.29, 1.82) is 5.26 Å². The van der Waals surface area contributed by atoms with E-state index in [4.69, 9.17) is 14.2 Å². The molecule has 224 valence electrons. The van der Waals surface area contributed by atoms with E-state index in [-0.39, 0.29) is 6.10 Å². The zero-order valence-corrected chi connectivity index (χ0v) is 25.7. The zero-order valence-electron chi connectivity index (χ0n) is 25.7. The summed E-state index contributed by atoms with van der Waals surface area (Å²) in [6.07, 6.45) is 19.1. The number of nitrogens with zero attached hydrogens (tertiary/aromatic N) is 1. The lowest BCUT2D eigenvalue weighted by atomic mass is 9.78. The minimum Gasteiger partial charge on any atom is -0.494 e. The van der Waals surface area contributed by atoms with Crippen LogP contribution in [-0.2, 0) is 0 Å². The summed E-state index contributed by atoms with van der Waals surface area (Å²) in [6, 6.07) is 14.2. The molecule has 1 atom stereocenters. The van der Waals surface area contributed by atoms with Gasteiger partial charge < -0.3 is 14.2 Å². The molecule has 0 spiro atoms. The Morgan fingerprint density at radius 2 is 1.49 bits per heavy atom. The molecule has 1 aliphatic carbocycles. The maximum atomic E-state index is 12.7. The van der Waals surface area contributed by atoms with Crippen LogP contribution in [0.5, 0.6) is 17.2 Å². The van der Waals surface area contributed by atoms with E-state index in [2.05, 4.69) is 19.9 Å². The molecule has 41 heavy (non-hydrogen) atoms. The Hall–Kier alpha value is -3.00. The molecule has 0 N–H and O–H groups in total. The van der Waals surface area contributed by atoms with Crippen molar-refractivity contribution in [2.75, 3.05) is 6.61 Å². The van der Waals surface area contributed by atoms with E-state index < -0.39 is 5.97 Å². The van der Waals surface area contributed by atoms with Crippen molar-refractivity contribution in [1.82, 2.24) is 0 Å². The molecule has 0 bridgehead atoms. The number of carbonyl (C=O) groups is 1. The van der Waals surface area contributed by atoms with Gasteiger partial charge in [0.2, 0.25) is 0 Å². The van der Waals surface area contributed by atoms with Gasteiger partial charge in [-0.05, 0) is 86.9 Å². The lowest BCUT2D eigenvalue weighted by Gasteiger charge is -2.28. The Kier molecular flexibility index (Phi) is 14.6. The Bertz CT molecular complexity index is 1070. The van der Waals surface area contributed by atoms with Crippen LogP contribution in [0.2, 0.25) is 0 Å². The fourth-order valence-corrected chi connectivity index (χ4v) is 5.81. The van der Waals surface area contributed by atoms with E-state index >= 15 is 0 Å². The van der Waals surface area contributed by atoms with Crippen LogP contribution in [0.25, 0.3) is 0 Å². The van der Waals surface area contributed by atoms with Crippen LogP contribution < -0.4 is 14.2 Å². The molecule has 2 aromatic rings. The molecule has 5 nitrogen and oxygen atoms in total. The Labute approximate surface area is 248 Å². The third-order valence-corrected chi connectivity index (χ3v) is 8.37. The minimum absolute atomic E-state index is 0.0117. The molecule has 1 aliphatic rings. The topological polar surface area (TPSA) is 68.6 Å². The highest BCUT2D eigenvalue weighted by Crippen LogP contribution is 2.34. The fourth-order valence-electron chi connectivity index (χ4n) is 5.81. The largest absolute Gasteiger partial charge is 0.494 e. The lowest BCUT2D eigenvalue weighted by molar-refractivity contribution is 0.0734. The number of esters is 1. The Morgan fingerprint density at radius 1 is 0.854 bits per heavy atom. The standard InChI is InChI=1S/C36H51NO4/c1-4-6-8-10-12-28(3)40-35-24-19-31(26-32(35)27-37)36(38)41-34-22-20-33(21-23-34)39-25-11-14-30-17-15-29(16-18-30)13-9-7-5-2/h19-24,26,28-30H,4-18,25H2,1-3H3/t28-,29?,30?/m0/s1. The SMILES string of the molecule is CCCCCC[C@H](C)Oc1ccc(C(=O)Oc2ccc(OCCCC3CCC(CCCCC)CC3)cc2)cc1C#N. The smallest absolute Gasteiger partial charge is 0.343 e. The second-order valence-corrected chi connectivity index (χ2v) is 11.8. The highest BCUT2D eigenvalue weighted by molar-refractivity contribution is 5.91. The predicted molar refractivity (Wildman–Crippen MR) is 166 cm³/mol. The monoisotopic (exact) mass is 561 g/mol. The van der Waals surface area contributed by atoms with Crippen LogP contribution in [0.4, 0.5) is 0 Å². The van der Waals surface area contributed by atoms with Gasteiger partial charge in [0.15, 0.2) is 0 Å². The van der Waals surface area contributed by atoms with E-state index in [1.807, 2.05) is 19.1 Å². The second kappa shape index (κ2) is 18.4. The van der Waals surface area contributed by atoms with Gasteiger partial charge in [0.25, 0.3) is 0 Å². The number of benzene rings is 2. The molecular weight excluding hydrogens is 510 g/mol. The van der Waals surface area contributed by atoms with Gasteiger partial charge in [-0.3, -0.25) is 0 Å². The van der Waals surface area contributed by atoms with Gasteiger partial charge in [-0.2, -0.15) is 5.26 Å². The molecule has 0 aliphatic heterocycles. The number of hydrogen-bond donors (Lipinski definition) is 0. The zero-order chi connectivity index (χ0) is 29.3. The maximum absolute atomic E-state index is 12.7. The van der Waals surface area contributed by atoms with Gasteiger partial charge >= 0.3 is 5.97 Å². The van der Waals surface area contributed by atoms with Crippen LogP contribution in [-0.4, -0.2) is 18.7 Å². The van der Waals surface area contributed by atoms with Crippen molar-refractivity contribution >= 4 is 5.97 Å². The average Bonchev–Trinajstić information content (AvgIpc) is 2.99. The quantitative estimate of drug-likeness (QED) is 0.103. The van der Waals surface area contributed by atoms with E-state index in [0.717, 1.165) is 36.8 Å². The predicted octanol–water partition coefficient (Wildman–Crippen LogP) is 10.1. The van der Waals surface area contributed by atoms with Crippen molar-refractivity contribution in [2.45, 2.75) is 123 Å².